The average Bonchev–Trinajstić information content (AvgIpc) is 3.44. The first-order valence-electron chi connectivity index (χ1n) is 9.64. The number of fused-ring (bicyclic) bond motifs is 1. The maximum Gasteiger partial charge on any atom is 2.00 e. The number of hydrogen-bond donors (Lipinski definition) is 1. The van der Waals surface area contributed by atoms with Gasteiger partial charge in [-0.1, -0.05) is 18.5 Å². The predicted molar refractivity (Wildman–Crippen MR) is 119 cm³/mol. The van der Waals surface area contributed by atoms with Crippen LogP contribution in [0.25, 0.3) is 10.9 Å². The number of halogens is 1. The van der Waals surface area contributed by atoms with Crippen LogP contribution in [0.2, 0.25) is 5.02 Å². The molecule has 150 valence electrons. The van der Waals surface area contributed by atoms with E-state index in [0.29, 0.717) is 5.02 Å². The number of anilines is 1. The van der Waals surface area contributed by atoms with Gasteiger partial charge in [0.2, 0.25) is 0 Å². The summed E-state index contributed by atoms with van der Waals surface area (Å²) in [6.07, 6.45) is 20.4. The quantitative estimate of drug-likeness (QED) is 0.602. The van der Waals surface area contributed by atoms with Crippen LogP contribution in [0, 0.1) is 63.7 Å². The molecule has 0 saturated heterocycles. The fourth-order valence-electron chi connectivity index (χ4n) is 3.07. The summed E-state index contributed by atoms with van der Waals surface area (Å²) in [5, 5.41) is 5.35. The van der Waals surface area contributed by atoms with Gasteiger partial charge < -0.3 is 10.2 Å². The minimum absolute atomic E-state index is 0. The summed E-state index contributed by atoms with van der Waals surface area (Å²) in [5.74, 6) is 1.37. The van der Waals surface area contributed by atoms with E-state index < -0.39 is 0 Å². The first-order chi connectivity index (χ1) is 13.8. The van der Waals surface area contributed by atoms with Gasteiger partial charge in [-0.05, 0) is 94.5 Å². The Morgan fingerprint density at radius 2 is 1.66 bits per heavy atom. The molecule has 4 rings (SSSR count). The van der Waals surface area contributed by atoms with E-state index in [2.05, 4.69) is 47.8 Å². The number of rotatable bonds is 7. The number of nitrogens with one attached hydrogen (secondary N) is 1. The van der Waals surface area contributed by atoms with Crippen molar-refractivity contribution in [1.29, 1.82) is 0 Å². The zero-order valence-electron chi connectivity index (χ0n) is 16.5. The van der Waals surface area contributed by atoms with E-state index >= 15 is 0 Å². The number of likely N-dealkylation sites (N-methyl/N-ethyl adjacent to an activating group) is 1. The molecule has 1 heterocycles. The largest absolute Gasteiger partial charge is 2.00 e. The van der Waals surface area contributed by atoms with Gasteiger partial charge in [0.1, 0.15) is 0 Å². The van der Waals surface area contributed by atoms with Gasteiger partial charge >= 0.3 is 17.1 Å². The summed E-state index contributed by atoms with van der Waals surface area (Å²) in [6, 6.07) is 7.85. The molecule has 0 unspecified atom stereocenters. The molecular formula is C24H26ClFeN3+2. The van der Waals surface area contributed by atoms with E-state index in [9.17, 15) is 0 Å². The maximum atomic E-state index is 6.04. The van der Waals surface area contributed by atoms with Gasteiger partial charge in [-0.2, -0.15) is 0 Å². The van der Waals surface area contributed by atoms with Gasteiger partial charge in [-0.15, -0.1) is 0 Å². The second kappa shape index (κ2) is 13.5. The van der Waals surface area contributed by atoms with Gasteiger partial charge in [0, 0.05) is 41.9 Å². The predicted octanol–water partition coefficient (Wildman–Crippen LogP) is 5.05. The summed E-state index contributed by atoms with van der Waals surface area (Å²) in [6.45, 7) is 6.14. The summed E-state index contributed by atoms with van der Waals surface area (Å²) in [5.41, 5.74) is 2.03. The molecule has 1 N–H and O–H groups in total. The van der Waals surface area contributed by atoms with Gasteiger partial charge in [0.15, 0.2) is 0 Å². The summed E-state index contributed by atoms with van der Waals surface area (Å²) >= 11 is 6.04. The second-order valence-corrected chi connectivity index (χ2v) is 7.01. The SMILES string of the molecule is CCN(CCNc1ccnc2cc(Cl)ccc12)C[C]1[CH][CH][CH][CH]1.[CH]1[CH][CH][CH][CH]1.[Fe+2]. The first kappa shape index (κ1) is 24.5. The average molecular weight is 448 g/mol. The Labute approximate surface area is 192 Å². The third-order valence-corrected chi connectivity index (χ3v) is 4.82. The van der Waals surface area contributed by atoms with Crippen molar-refractivity contribution < 1.29 is 17.1 Å². The minimum atomic E-state index is 0. The van der Waals surface area contributed by atoms with Crippen molar-refractivity contribution in [2.45, 2.75) is 6.92 Å². The fraction of sp³-hybridized carbons (Fsp3) is 0.208. The van der Waals surface area contributed by atoms with Gasteiger partial charge in [-0.3, -0.25) is 4.98 Å². The fourth-order valence-corrected chi connectivity index (χ4v) is 3.24. The summed E-state index contributed by atoms with van der Waals surface area (Å²) < 4.78 is 0. The smallest absolute Gasteiger partial charge is 0.383 e. The van der Waals surface area contributed by atoms with E-state index in [1.807, 2.05) is 62.6 Å². The number of hydrogen-bond acceptors (Lipinski definition) is 3. The third kappa shape index (κ3) is 8.09. The van der Waals surface area contributed by atoms with Crippen molar-refractivity contribution in [2.24, 2.45) is 0 Å². The molecule has 3 nitrogen and oxygen atoms in total. The van der Waals surface area contributed by atoms with E-state index in [4.69, 9.17) is 11.6 Å². The molecule has 0 aliphatic heterocycles. The molecule has 2 aliphatic rings. The Bertz CT molecular complexity index is 707. The monoisotopic (exact) mass is 447 g/mol. The van der Waals surface area contributed by atoms with Crippen molar-refractivity contribution in [1.82, 2.24) is 9.88 Å². The normalized spacial score (nSPS) is 16.5. The van der Waals surface area contributed by atoms with Crippen molar-refractivity contribution in [3.63, 3.8) is 0 Å². The number of aromatic nitrogens is 1. The molecule has 0 bridgehead atoms. The summed E-state index contributed by atoms with van der Waals surface area (Å²) in [7, 11) is 0. The zero-order chi connectivity index (χ0) is 19.6. The van der Waals surface area contributed by atoms with Crippen molar-refractivity contribution in [3.8, 4) is 0 Å². The molecule has 2 fully saturated rings. The Hall–Kier alpha value is -0.801. The van der Waals surface area contributed by atoms with Crippen LogP contribution in [-0.2, 0) is 17.1 Å². The molecule has 1 aromatic carbocycles. The molecule has 2 aliphatic carbocycles. The molecule has 0 amide bonds. The van der Waals surface area contributed by atoms with Crippen LogP contribution in [0.4, 0.5) is 5.69 Å². The first-order valence-corrected chi connectivity index (χ1v) is 10.0. The Morgan fingerprint density at radius 3 is 2.31 bits per heavy atom. The second-order valence-electron chi connectivity index (χ2n) is 6.57. The molecule has 2 saturated carbocycles. The van der Waals surface area contributed by atoms with Gasteiger partial charge in [0.25, 0.3) is 0 Å². The molecule has 0 atom stereocenters. The van der Waals surface area contributed by atoms with Gasteiger partial charge in [0.05, 0.1) is 5.52 Å². The van der Waals surface area contributed by atoms with E-state index in [1.54, 1.807) is 0 Å². The number of pyridine rings is 1. The van der Waals surface area contributed by atoms with E-state index in [1.165, 1.54) is 5.92 Å². The van der Waals surface area contributed by atoms with Crippen LogP contribution in [0.1, 0.15) is 6.92 Å². The maximum absolute atomic E-state index is 6.04. The van der Waals surface area contributed by atoms with Crippen LogP contribution in [0.15, 0.2) is 30.5 Å². The van der Waals surface area contributed by atoms with Gasteiger partial charge in [-0.25, -0.2) is 0 Å². The van der Waals surface area contributed by atoms with Crippen molar-refractivity contribution >= 4 is 28.2 Å². The number of benzene rings is 1. The Kier molecular flexibility index (Phi) is 11.4. The van der Waals surface area contributed by atoms with E-state index in [0.717, 1.165) is 42.8 Å². The Morgan fingerprint density at radius 1 is 0.966 bits per heavy atom. The molecular weight excluding hydrogens is 422 g/mol. The van der Waals surface area contributed by atoms with Crippen molar-refractivity contribution in [3.05, 3.63) is 99.2 Å². The molecule has 2 aromatic rings. The molecule has 10 radical (unpaired) electrons. The molecule has 0 spiro atoms. The van der Waals surface area contributed by atoms with Crippen LogP contribution in [-0.4, -0.2) is 36.1 Å². The molecule has 5 heteroatoms. The number of nitrogens with zero attached hydrogens (tertiary/aromatic N) is 2. The van der Waals surface area contributed by atoms with E-state index in [-0.39, 0.29) is 17.1 Å². The van der Waals surface area contributed by atoms with Crippen LogP contribution >= 0.6 is 11.6 Å². The molecule has 1 aromatic heterocycles. The van der Waals surface area contributed by atoms with Crippen LogP contribution in [0.5, 0.6) is 0 Å². The third-order valence-electron chi connectivity index (χ3n) is 4.59. The standard InChI is InChI=1S/C19H21ClN3.C5H5.Fe/c1-2-23(14-15-5-3-4-6-15)12-11-22-18-9-10-21-19-13-16(20)7-8-17(18)19;1-2-4-5-3-1;/h3-10,13H,2,11-12,14H2,1H3,(H,21,22);1-5H;/q;;+2. The summed E-state index contributed by atoms with van der Waals surface area (Å²) in [4.78, 5) is 6.81. The van der Waals surface area contributed by atoms with Crippen LogP contribution in [0.3, 0.4) is 0 Å². The molecule has 29 heavy (non-hydrogen) atoms. The van der Waals surface area contributed by atoms with Crippen molar-refractivity contribution in [2.75, 3.05) is 31.5 Å². The Balaban J connectivity index is 0.000000437. The zero-order valence-corrected chi connectivity index (χ0v) is 18.4. The minimum Gasteiger partial charge on any atom is -0.383 e. The topological polar surface area (TPSA) is 28.2 Å². The van der Waals surface area contributed by atoms with Crippen LogP contribution < -0.4 is 5.32 Å².